The van der Waals surface area contributed by atoms with Crippen LogP contribution in [0.25, 0.3) is 0 Å². The van der Waals surface area contributed by atoms with Crippen molar-refractivity contribution in [3.8, 4) is 0 Å². The van der Waals surface area contributed by atoms with Crippen molar-refractivity contribution in [2.45, 2.75) is 26.3 Å². The van der Waals surface area contributed by atoms with Gasteiger partial charge in [-0.2, -0.15) is 11.8 Å². The number of aryl methyl sites for hydroxylation is 2. The molecule has 0 spiro atoms. The fraction of sp³-hybridized carbons (Fsp3) is 0.316. The summed E-state index contributed by atoms with van der Waals surface area (Å²) in [6.07, 6.45) is 2.33. The number of amides is 3. The number of carbonyl (C=O) groups excluding carboxylic acids is 3. The number of furan rings is 1. The predicted octanol–water partition coefficient (Wildman–Crippen LogP) is 2.97. The number of carbonyl (C=O) groups is 3. The Morgan fingerprint density at radius 1 is 1.11 bits per heavy atom. The normalized spacial score (nSPS) is 11.6. The van der Waals surface area contributed by atoms with Gasteiger partial charge in [-0.1, -0.05) is 12.1 Å². The average Bonchev–Trinajstić information content (AvgIpc) is 3.01. The van der Waals surface area contributed by atoms with Crippen LogP contribution in [-0.4, -0.2) is 35.8 Å². The van der Waals surface area contributed by atoms with E-state index in [1.54, 1.807) is 55.9 Å². The quantitative estimate of drug-likeness (QED) is 0.543. The van der Waals surface area contributed by atoms with Crippen LogP contribution in [0.1, 0.15) is 38.7 Å². The number of benzene rings is 1. The van der Waals surface area contributed by atoms with Gasteiger partial charge in [0.2, 0.25) is 0 Å². The molecule has 0 fully saturated rings. The summed E-state index contributed by atoms with van der Waals surface area (Å²) in [6, 6.07) is 7.76. The summed E-state index contributed by atoms with van der Waals surface area (Å²) in [5.41, 5.74) is 5.52. The molecule has 2 rings (SSSR count). The van der Waals surface area contributed by atoms with Crippen molar-refractivity contribution in [2.75, 3.05) is 12.0 Å². The Bertz CT molecular complexity index is 869. The molecule has 1 atom stereocenters. The molecular weight excluding hydrogens is 446 g/mol. The van der Waals surface area contributed by atoms with Gasteiger partial charge in [-0.3, -0.25) is 25.2 Å². The van der Waals surface area contributed by atoms with E-state index in [2.05, 4.69) is 32.1 Å². The Morgan fingerprint density at radius 2 is 1.82 bits per heavy atom. The van der Waals surface area contributed by atoms with Gasteiger partial charge in [0, 0.05) is 4.47 Å². The lowest BCUT2D eigenvalue weighted by molar-refractivity contribution is -0.123. The number of nitrogens with one attached hydrogen (secondary N) is 3. The fourth-order valence-electron chi connectivity index (χ4n) is 2.51. The maximum absolute atomic E-state index is 12.5. The topological polar surface area (TPSA) is 100 Å². The van der Waals surface area contributed by atoms with E-state index in [0.29, 0.717) is 39.3 Å². The first kappa shape index (κ1) is 22.0. The molecule has 3 amide bonds. The predicted molar refractivity (Wildman–Crippen MR) is 112 cm³/mol. The fourth-order valence-corrected chi connectivity index (χ4v) is 3.45. The number of halogens is 1. The largest absolute Gasteiger partial charge is 0.466 e. The Balaban J connectivity index is 2.02. The lowest BCUT2D eigenvalue weighted by Gasteiger charge is -2.18. The summed E-state index contributed by atoms with van der Waals surface area (Å²) >= 11 is 4.89. The molecule has 0 aliphatic rings. The van der Waals surface area contributed by atoms with Gasteiger partial charge in [0.15, 0.2) is 0 Å². The van der Waals surface area contributed by atoms with E-state index in [1.807, 2.05) is 6.26 Å². The van der Waals surface area contributed by atoms with E-state index in [0.717, 1.165) is 0 Å². The van der Waals surface area contributed by atoms with Gasteiger partial charge < -0.3 is 9.73 Å². The van der Waals surface area contributed by atoms with Crippen molar-refractivity contribution in [1.29, 1.82) is 0 Å². The summed E-state index contributed by atoms with van der Waals surface area (Å²) in [5, 5.41) is 2.72. The zero-order chi connectivity index (χ0) is 20.7. The highest BCUT2D eigenvalue weighted by Gasteiger charge is 2.23. The van der Waals surface area contributed by atoms with E-state index in [1.165, 1.54) is 0 Å². The number of hydrogen-bond donors (Lipinski definition) is 3. The van der Waals surface area contributed by atoms with Gasteiger partial charge in [-0.05, 0) is 66.4 Å². The minimum atomic E-state index is -0.792. The van der Waals surface area contributed by atoms with Gasteiger partial charge >= 0.3 is 0 Å². The molecule has 0 unspecified atom stereocenters. The highest BCUT2D eigenvalue weighted by atomic mass is 79.9. The van der Waals surface area contributed by atoms with Crippen molar-refractivity contribution < 1.29 is 18.8 Å². The number of hydrazine groups is 1. The Hall–Kier alpha value is -2.26. The van der Waals surface area contributed by atoms with Crippen LogP contribution < -0.4 is 16.2 Å². The van der Waals surface area contributed by atoms with Gasteiger partial charge in [0.25, 0.3) is 17.7 Å². The van der Waals surface area contributed by atoms with Crippen LogP contribution in [0.2, 0.25) is 0 Å². The maximum atomic E-state index is 12.5. The number of rotatable bonds is 7. The van der Waals surface area contributed by atoms with Crippen LogP contribution >= 0.6 is 27.7 Å². The second kappa shape index (κ2) is 10.3. The highest BCUT2D eigenvalue weighted by Crippen LogP contribution is 2.16. The first-order chi connectivity index (χ1) is 13.3. The van der Waals surface area contributed by atoms with Crippen molar-refractivity contribution in [2.24, 2.45) is 0 Å². The van der Waals surface area contributed by atoms with E-state index in [-0.39, 0.29) is 5.91 Å². The van der Waals surface area contributed by atoms with Gasteiger partial charge in [0.1, 0.15) is 17.6 Å². The minimum Gasteiger partial charge on any atom is -0.466 e. The molecule has 0 saturated carbocycles. The zero-order valence-electron chi connectivity index (χ0n) is 15.8. The van der Waals surface area contributed by atoms with Crippen LogP contribution in [0, 0.1) is 13.8 Å². The van der Waals surface area contributed by atoms with Crippen LogP contribution in [0.4, 0.5) is 0 Å². The summed E-state index contributed by atoms with van der Waals surface area (Å²) in [6.45, 7) is 3.40. The van der Waals surface area contributed by atoms with Crippen LogP contribution in [0.5, 0.6) is 0 Å². The first-order valence-corrected chi connectivity index (χ1v) is 10.7. The highest BCUT2D eigenvalue weighted by molar-refractivity contribution is 9.10. The van der Waals surface area contributed by atoms with Crippen molar-refractivity contribution in [3.05, 3.63) is 57.5 Å². The van der Waals surface area contributed by atoms with Crippen LogP contribution in [-0.2, 0) is 4.79 Å². The minimum absolute atomic E-state index is 0.343. The van der Waals surface area contributed by atoms with E-state index < -0.39 is 17.9 Å². The van der Waals surface area contributed by atoms with Crippen molar-refractivity contribution in [1.82, 2.24) is 16.2 Å². The second-order valence-electron chi connectivity index (χ2n) is 6.06. The first-order valence-electron chi connectivity index (χ1n) is 8.55. The van der Waals surface area contributed by atoms with E-state index in [4.69, 9.17) is 4.42 Å². The maximum Gasteiger partial charge on any atom is 0.273 e. The molecule has 3 N–H and O–H groups in total. The van der Waals surface area contributed by atoms with Gasteiger partial charge in [-0.15, -0.1) is 0 Å². The zero-order valence-corrected chi connectivity index (χ0v) is 18.2. The molecular formula is C19H22BrN3O4S. The molecule has 1 heterocycles. The molecule has 0 aliphatic carbocycles. The smallest absolute Gasteiger partial charge is 0.273 e. The Kier molecular flexibility index (Phi) is 8.13. The molecule has 150 valence electrons. The second-order valence-corrected chi connectivity index (χ2v) is 7.90. The third kappa shape index (κ3) is 5.87. The van der Waals surface area contributed by atoms with E-state index in [9.17, 15) is 14.4 Å². The molecule has 0 radical (unpaired) electrons. The molecule has 7 nitrogen and oxygen atoms in total. The monoisotopic (exact) mass is 467 g/mol. The number of thioether (sulfide) groups is 1. The summed E-state index contributed by atoms with van der Waals surface area (Å²) in [4.78, 5) is 37.3. The number of hydrogen-bond acceptors (Lipinski definition) is 5. The molecule has 1 aromatic heterocycles. The van der Waals surface area contributed by atoms with E-state index >= 15 is 0 Å². The van der Waals surface area contributed by atoms with Crippen molar-refractivity contribution >= 4 is 45.4 Å². The Labute approximate surface area is 176 Å². The summed E-state index contributed by atoms with van der Waals surface area (Å²) < 4.78 is 5.95. The van der Waals surface area contributed by atoms with Crippen LogP contribution in [0.3, 0.4) is 0 Å². The molecule has 2 aromatic rings. The third-order valence-corrected chi connectivity index (χ3v) is 5.27. The molecule has 9 heteroatoms. The standard InChI is InChI=1S/C19H22BrN3O4S/c1-11-10-14(12(2)27-11)18(25)22-23-19(26)16(8-9-28-3)21-17(24)13-6-4-5-7-15(13)20/h4-7,10,16H,8-9H2,1-3H3,(H,21,24)(H,22,25)(H,23,26)/t16-/m0/s1. The average molecular weight is 468 g/mol. The van der Waals surface area contributed by atoms with Crippen LogP contribution in [0.15, 0.2) is 39.2 Å². The molecule has 1 aromatic carbocycles. The molecule has 0 bridgehead atoms. The van der Waals surface area contributed by atoms with Gasteiger partial charge in [0.05, 0.1) is 11.1 Å². The Morgan fingerprint density at radius 3 is 2.43 bits per heavy atom. The van der Waals surface area contributed by atoms with Gasteiger partial charge in [-0.25, -0.2) is 0 Å². The molecule has 0 aliphatic heterocycles. The third-order valence-electron chi connectivity index (χ3n) is 3.94. The SMILES string of the molecule is CSCC[C@H](NC(=O)c1ccccc1Br)C(=O)NNC(=O)c1cc(C)oc1C. The lowest BCUT2D eigenvalue weighted by atomic mass is 10.1. The molecule has 0 saturated heterocycles. The summed E-state index contributed by atoms with van der Waals surface area (Å²) in [7, 11) is 0. The molecule has 28 heavy (non-hydrogen) atoms. The van der Waals surface area contributed by atoms with Crippen molar-refractivity contribution in [3.63, 3.8) is 0 Å². The lowest BCUT2D eigenvalue weighted by Crippen LogP contribution is -2.52. The summed E-state index contributed by atoms with van der Waals surface area (Å²) in [5.74, 6) is 0.380.